The van der Waals surface area contributed by atoms with Crippen molar-refractivity contribution in [3.8, 4) is 0 Å². The van der Waals surface area contributed by atoms with E-state index in [-0.39, 0.29) is 5.56 Å². The van der Waals surface area contributed by atoms with E-state index in [0.29, 0.717) is 5.92 Å². The summed E-state index contributed by atoms with van der Waals surface area (Å²) in [5.74, 6) is -1.20. The van der Waals surface area contributed by atoms with Crippen molar-refractivity contribution < 1.29 is 14.3 Å². The van der Waals surface area contributed by atoms with E-state index in [2.05, 4.69) is 11.8 Å². The lowest BCUT2D eigenvalue weighted by Crippen LogP contribution is -2.46. The predicted molar refractivity (Wildman–Crippen MR) is 59.4 cm³/mol. The first-order valence-electron chi connectivity index (χ1n) is 5.39. The summed E-state index contributed by atoms with van der Waals surface area (Å²) in [7, 11) is 0. The summed E-state index contributed by atoms with van der Waals surface area (Å²) in [5, 5.41) is 8.69. The largest absolute Gasteiger partial charge is 0.478 e. The van der Waals surface area contributed by atoms with Crippen LogP contribution in [0.4, 0.5) is 10.1 Å². The molecule has 1 N–H and O–H groups in total. The highest BCUT2D eigenvalue weighted by Gasteiger charge is 2.25. The molecule has 0 spiro atoms. The average molecular weight is 223 g/mol. The molecule has 1 aromatic carbocycles. The van der Waals surface area contributed by atoms with Crippen molar-refractivity contribution in [3.05, 3.63) is 29.6 Å². The van der Waals surface area contributed by atoms with Gasteiger partial charge in [0, 0.05) is 18.8 Å². The number of halogens is 1. The van der Waals surface area contributed by atoms with Crippen LogP contribution in [0.2, 0.25) is 0 Å². The van der Waals surface area contributed by atoms with Crippen molar-refractivity contribution in [2.75, 3.05) is 18.0 Å². The van der Waals surface area contributed by atoms with E-state index in [4.69, 9.17) is 5.11 Å². The molecule has 0 aromatic heterocycles. The number of carboxylic acids is 1. The molecule has 1 fully saturated rings. The molecular formula is C12H14FNO2. The minimum Gasteiger partial charge on any atom is -0.478 e. The van der Waals surface area contributed by atoms with Gasteiger partial charge in [-0.05, 0) is 30.5 Å². The van der Waals surface area contributed by atoms with Gasteiger partial charge >= 0.3 is 5.97 Å². The highest BCUT2D eigenvalue weighted by Crippen LogP contribution is 2.27. The minimum atomic E-state index is -1.22. The average Bonchev–Trinajstić information content (AvgIpc) is 2.15. The number of benzene rings is 1. The maximum atomic E-state index is 13.4. The van der Waals surface area contributed by atoms with E-state index in [9.17, 15) is 9.18 Å². The van der Waals surface area contributed by atoms with Gasteiger partial charge in [-0.15, -0.1) is 0 Å². The van der Waals surface area contributed by atoms with E-state index < -0.39 is 11.8 Å². The Morgan fingerprint density at radius 2 is 2.25 bits per heavy atom. The highest BCUT2D eigenvalue weighted by molar-refractivity contribution is 5.88. The van der Waals surface area contributed by atoms with Gasteiger partial charge in [0.2, 0.25) is 0 Å². The molecule has 1 aliphatic rings. The molecular weight excluding hydrogens is 209 g/mol. The fourth-order valence-corrected chi connectivity index (χ4v) is 1.91. The molecule has 3 nitrogen and oxygen atoms in total. The van der Waals surface area contributed by atoms with Crippen LogP contribution in [-0.2, 0) is 0 Å². The van der Waals surface area contributed by atoms with Crippen LogP contribution in [0.3, 0.4) is 0 Å². The molecule has 1 heterocycles. The van der Waals surface area contributed by atoms with Crippen molar-refractivity contribution in [2.24, 2.45) is 5.92 Å². The number of anilines is 1. The third-order valence-electron chi connectivity index (χ3n) is 3.08. The van der Waals surface area contributed by atoms with E-state index in [1.807, 2.05) is 0 Å². The second-order valence-electron chi connectivity index (χ2n) is 4.15. The van der Waals surface area contributed by atoms with Crippen LogP contribution in [0, 0.1) is 11.7 Å². The Bertz CT molecular complexity index is 413. The molecule has 0 unspecified atom stereocenters. The first-order valence-corrected chi connectivity index (χ1v) is 5.39. The summed E-state index contributed by atoms with van der Waals surface area (Å²) >= 11 is 0. The molecule has 0 atom stereocenters. The third kappa shape index (κ3) is 1.87. The van der Waals surface area contributed by atoms with Gasteiger partial charge in [0.05, 0.1) is 5.56 Å². The minimum absolute atomic E-state index is 0.267. The van der Waals surface area contributed by atoms with Gasteiger partial charge in [0.15, 0.2) is 0 Å². The zero-order chi connectivity index (χ0) is 11.7. The van der Waals surface area contributed by atoms with Gasteiger partial charge in [0.25, 0.3) is 0 Å². The lowest BCUT2D eigenvalue weighted by molar-refractivity contribution is 0.0692. The zero-order valence-corrected chi connectivity index (χ0v) is 9.11. The Hall–Kier alpha value is -1.58. The van der Waals surface area contributed by atoms with Crippen LogP contribution in [0.25, 0.3) is 0 Å². The number of hydrogen-bond acceptors (Lipinski definition) is 2. The quantitative estimate of drug-likeness (QED) is 0.855. The standard InChI is InChI=1S/C12H14FNO2/c1-2-8-6-14(7-8)9-3-4-10(12(15)16)11(13)5-9/h3-5,8H,2,6-7H2,1H3,(H,15,16). The molecule has 4 heteroatoms. The summed E-state index contributed by atoms with van der Waals surface area (Å²) in [5.41, 5.74) is 0.503. The van der Waals surface area contributed by atoms with Crippen LogP contribution < -0.4 is 4.90 Å². The number of carboxylic acid groups (broad SMARTS) is 1. The molecule has 1 aliphatic heterocycles. The summed E-state index contributed by atoms with van der Waals surface area (Å²) in [6, 6.07) is 4.29. The molecule has 86 valence electrons. The molecule has 0 aliphatic carbocycles. The Kier molecular flexibility index (Phi) is 2.81. The first-order chi connectivity index (χ1) is 7.61. The molecule has 0 radical (unpaired) electrons. The highest BCUT2D eigenvalue weighted by atomic mass is 19.1. The number of hydrogen-bond donors (Lipinski definition) is 1. The molecule has 0 bridgehead atoms. The molecule has 0 saturated carbocycles. The van der Waals surface area contributed by atoms with Gasteiger partial charge in [-0.1, -0.05) is 6.92 Å². The van der Waals surface area contributed by atoms with Crippen molar-refractivity contribution in [2.45, 2.75) is 13.3 Å². The fraction of sp³-hybridized carbons (Fsp3) is 0.417. The Morgan fingerprint density at radius 3 is 2.75 bits per heavy atom. The number of rotatable bonds is 3. The van der Waals surface area contributed by atoms with Crippen molar-refractivity contribution in [1.29, 1.82) is 0 Å². The van der Waals surface area contributed by atoms with Crippen molar-refractivity contribution in [1.82, 2.24) is 0 Å². The van der Waals surface area contributed by atoms with Gasteiger partial charge in [-0.2, -0.15) is 0 Å². The van der Waals surface area contributed by atoms with Gasteiger partial charge < -0.3 is 10.0 Å². The molecule has 1 saturated heterocycles. The molecule has 1 aromatic rings. The zero-order valence-electron chi connectivity index (χ0n) is 9.11. The van der Waals surface area contributed by atoms with E-state index in [0.717, 1.165) is 25.2 Å². The topological polar surface area (TPSA) is 40.5 Å². The van der Waals surface area contributed by atoms with E-state index in [1.165, 1.54) is 12.1 Å². The summed E-state index contributed by atoms with van der Waals surface area (Å²) in [6.45, 7) is 4.00. The number of carbonyl (C=O) groups is 1. The number of nitrogens with zero attached hydrogens (tertiary/aromatic N) is 1. The normalized spacial score (nSPS) is 16.0. The van der Waals surface area contributed by atoms with Crippen LogP contribution in [-0.4, -0.2) is 24.2 Å². The Balaban J connectivity index is 2.13. The second kappa shape index (κ2) is 4.12. The van der Waals surface area contributed by atoms with E-state index in [1.54, 1.807) is 6.07 Å². The van der Waals surface area contributed by atoms with Gasteiger partial charge in [-0.3, -0.25) is 0 Å². The summed E-state index contributed by atoms with van der Waals surface area (Å²) < 4.78 is 13.4. The molecule has 16 heavy (non-hydrogen) atoms. The molecule has 2 rings (SSSR count). The van der Waals surface area contributed by atoms with E-state index >= 15 is 0 Å². The smallest absolute Gasteiger partial charge is 0.338 e. The van der Waals surface area contributed by atoms with Gasteiger partial charge in [0.1, 0.15) is 5.82 Å². The lowest BCUT2D eigenvalue weighted by atomic mass is 9.96. The second-order valence-corrected chi connectivity index (χ2v) is 4.15. The SMILES string of the molecule is CCC1CN(c2ccc(C(=O)O)c(F)c2)C1. The lowest BCUT2D eigenvalue weighted by Gasteiger charge is -2.40. The van der Waals surface area contributed by atoms with Crippen LogP contribution in [0.1, 0.15) is 23.7 Å². The Morgan fingerprint density at radius 1 is 1.56 bits per heavy atom. The summed E-state index contributed by atoms with van der Waals surface area (Å²) in [6.07, 6.45) is 1.13. The third-order valence-corrected chi connectivity index (χ3v) is 3.08. The number of aromatic carboxylic acids is 1. The van der Waals surface area contributed by atoms with Crippen LogP contribution in [0.5, 0.6) is 0 Å². The Labute approximate surface area is 93.5 Å². The summed E-state index contributed by atoms with van der Waals surface area (Å²) in [4.78, 5) is 12.7. The predicted octanol–water partition coefficient (Wildman–Crippen LogP) is 2.37. The van der Waals surface area contributed by atoms with Crippen LogP contribution >= 0.6 is 0 Å². The maximum Gasteiger partial charge on any atom is 0.338 e. The van der Waals surface area contributed by atoms with Crippen LogP contribution in [0.15, 0.2) is 18.2 Å². The maximum absolute atomic E-state index is 13.4. The first kappa shape index (κ1) is 10.9. The van der Waals surface area contributed by atoms with Gasteiger partial charge in [-0.25, -0.2) is 9.18 Å². The fourth-order valence-electron chi connectivity index (χ4n) is 1.91. The molecule has 0 amide bonds. The monoisotopic (exact) mass is 223 g/mol. The van der Waals surface area contributed by atoms with Crippen molar-refractivity contribution in [3.63, 3.8) is 0 Å². The van der Waals surface area contributed by atoms with Crippen molar-refractivity contribution >= 4 is 11.7 Å².